The molecule has 0 spiro atoms. The highest BCUT2D eigenvalue weighted by molar-refractivity contribution is 5.76. The van der Waals surface area contributed by atoms with Gasteiger partial charge in [0.25, 0.3) is 0 Å². The molecule has 2 aliphatic rings. The van der Waals surface area contributed by atoms with Gasteiger partial charge in [-0.15, -0.1) is 0 Å². The van der Waals surface area contributed by atoms with Gasteiger partial charge in [-0.05, 0) is 80.7 Å². The molecule has 2 heterocycles. The molecule has 0 saturated carbocycles. The third kappa shape index (κ3) is 8.85. The van der Waals surface area contributed by atoms with Crippen molar-refractivity contribution in [2.24, 2.45) is 5.92 Å². The summed E-state index contributed by atoms with van der Waals surface area (Å²) in [6, 6.07) is 12.2. The molecule has 0 aromatic heterocycles. The van der Waals surface area contributed by atoms with E-state index in [-0.39, 0.29) is 18.1 Å². The molecule has 0 radical (unpaired) electrons. The summed E-state index contributed by atoms with van der Waals surface area (Å²) < 4.78 is 16.5. The van der Waals surface area contributed by atoms with Crippen molar-refractivity contribution in [1.82, 2.24) is 10.2 Å². The lowest BCUT2D eigenvalue weighted by Gasteiger charge is -2.26. The van der Waals surface area contributed by atoms with Gasteiger partial charge in [-0.1, -0.05) is 13.0 Å². The van der Waals surface area contributed by atoms with Crippen LogP contribution < -0.4 is 19.5 Å². The summed E-state index contributed by atoms with van der Waals surface area (Å²) in [5.74, 6) is 3.22. The summed E-state index contributed by atoms with van der Waals surface area (Å²) in [4.78, 5) is 14.2. The van der Waals surface area contributed by atoms with Crippen molar-refractivity contribution < 1.29 is 24.1 Å². The van der Waals surface area contributed by atoms with Crippen LogP contribution in [0.5, 0.6) is 23.0 Å². The third-order valence-electron chi connectivity index (χ3n) is 5.64. The highest BCUT2D eigenvalue weighted by Gasteiger charge is 2.12. The Labute approximate surface area is 196 Å². The van der Waals surface area contributed by atoms with E-state index in [0.717, 1.165) is 29.4 Å². The maximum atomic E-state index is 11.8. The minimum absolute atomic E-state index is 0.0590. The van der Waals surface area contributed by atoms with Crippen LogP contribution in [-0.4, -0.2) is 62.4 Å². The number of piperidine rings is 1. The van der Waals surface area contributed by atoms with Crippen molar-refractivity contribution in [2.75, 3.05) is 46.5 Å². The van der Waals surface area contributed by atoms with Crippen LogP contribution in [0, 0.1) is 5.92 Å². The van der Waals surface area contributed by atoms with Gasteiger partial charge in [0.15, 0.2) is 11.5 Å². The van der Waals surface area contributed by atoms with Crippen LogP contribution in [0.2, 0.25) is 0 Å². The normalized spacial score (nSPS) is 17.5. The van der Waals surface area contributed by atoms with E-state index in [1.165, 1.54) is 25.9 Å². The SMILES string of the molecule is CC1CCCN(C)C1.O=C(CCOc1ccc(O)cc1)NCCc1ccc2c(c1)OCCO2. The molecule has 0 bridgehead atoms. The van der Waals surface area contributed by atoms with E-state index in [1.807, 2.05) is 18.2 Å². The van der Waals surface area contributed by atoms with E-state index in [0.29, 0.717) is 32.1 Å². The van der Waals surface area contributed by atoms with Gasteiger partial charge in [0.05, 0.1) is 13.0 Å². The Morgan fingerprint density at radius 1 is 1.15 bits per heavy atom. The topological polar surface area (TPSA) is 80.3 Å². The second kappa shape index (κ2) is 12.9. The predicted molar refractivity (Wildman–Crippen MR) is 128 cm³/mol. The van der Waals surface area contributed by atoms with E-state index in [9.17, 15) is 9.90 Å². The maximum Gasteiger partial charge on any atom is 0.223 e. The smallest absolute Gasteiger partial charge is 0.223 e. The van der Waals surface area contributed by atoms with Crippen LogP contribution in [0.3, 0.4) is 0 Å². The fourth-order valence-electron chi connectivity index (χ4n) is 3.91. The molecule has 1 amide bonds. The molecular formula is C26H36N2O5. The second-order valence-corrected chi connectivity index (χ2v) is 8.68. The largest absolute Gasteiger partial charge is 0.508 e. The number of benzene rings is 2. The molecule has 1 saturated heterocycles. The number of rotatable bonds is 7. The van der Waals surface area contributed by atoms with Gasteiger partial charge < -0.3 is 29.5 Å². The Morgan fingerprint density at radius 3 is 2.61 bits per heavy atom. The molecule has 0 aliphatic carbocycles. The van der Waals surface area contributed by atoms with Crippen LogP contribution in [0.15, 0.2) is 42.5 Å². The fraction of sp³-hybridized carbons (Fsp3) is 0.500. The number of aromatic hydroxyl groups is 1. The van der Waals surface area contributed by atoms with Gasteiger partial charge in [0, 0.05) is 13.1 Å². The lowest BCUT2D eigenvalue weighted by molar-refractivity contribution is -0.121. The standard InChI is InChI=1S/C19H21NO5.C7H15N/c21-15-2-4-16(5-3-15)23-10-8-19(22)20-9-7-14-1-6-17-18(13-14)25-12-11-24-17;1-7-4-3-5-8(2)6-7/h1-6,13,21H,7-12H2,(H,20,22);7H,3-6H2,1-2H3. The first kappa shape index (κ1) is 24.7. The Kier molecular flexibility index (Phi) is 9.69. The zero-order valence-electron chi connectivity index (χ0n) is 19.7. The predicted octanol–water partition coefficient (Wildman–Crippen LogP) is 3.64. The number of fused-ring (bicyclic) bond motifs is 1. The minimum atomic E-state index is -0.0590. The van der Waals surface area contributed by atoms with Gasteiger partial charge in [-0.3, -0.25) is 4.79 Å². The third-order valence-corrected chi connectivity index (χ3v) is 5.64. The van der Waals surface area contributed by atoms with E-state index in [4.69, 9.17) is 14.2 Å². The summed E-state index contributed by atoms with van der Waals surface area (Å²) in [7, 11) is 2.20. The van der Waals surface area contributed by atoms with Gasteiger partial charge in [0.1, 0.15) is 24.7 Å². The van der Waals surface area contributed by atoms with Crippen molar-refractivity contribution in [3.05, 3.63) is 48.0 Å². The van der Waals surface area contributed by atoms with Crippen LogP contribution >= 0.6 is 0 Å². The monoisotopic (exact) mass is 456 g/mol. The number of carbonyl (C=O) groups is 1. The molecule has 4 rings (SSSR count). The highest BCUT2D eigenvalue weighted by Crippen LogP contribution is 2.30. The number of hydrogen-bond donors (Lipinski definition) is 2. The Balaban J connectivity index is 0.000000323. The van der Waals surface area contributed by atoms with E-state index >= 15 is 0 Å². The molecule has 1 unspecified atom stereocenters. The van der Waals surface area contributed by atoms with Crippen molar-refractivity contribution in [3.63, 3.8) is 0 Å². The number of nitrogens with one attached hydrogen (secondary N) is 1. The van der Waals surface area contributed by atoms with Crippen molar-refractivity contribution in [3.8, 4) is 23.0 Å². The number of amides is 1. The molecule has 2 aliphatic heterocycles. The molecule has 2 aromatic carbocycles. The molecule has 180 valence electrons. The van der Waals surface area contributed by atoms with Gasteiger partial charge >= 0.3 is 0 Å². The first-order valence-electron chi connectivity index (χ1n) is 11.7. The zero-order chi connectivity index (χ0) is 23.5. The van der Waals surface area contributed by atoms with E-state index in [1.54, 1.807) is 24.3 Å². The van der Waals surface area contributed by atoms with Gasteiger partial charge in [-0.2, -0.15) is 0 Å². The van der Waals surface area contributed by atoms with Crippen molar-refractivity contribution in [2.45, 2.75) is 32.6 Å². The Hall–Kier alpha value is -2.93. The number of likely N-dealkylation sites (tertiary alicyclic amines) is 1. The molecule has 2 N–H and O–H groups in total. The fourth-order valence-corrected chi connectivity index (χ4v) is 3.91. The minimum Gasteiger partial charge on any atom is -0.508 e. The first-order valence-corrected chi connectivity index (χ1v) is 11.7. The van der Waals surface area contributed by atoms with Crippen LogP contribution in [-0.2, 0) is 11.2 Å². The van der Waals surface area contributed by atoms with Crippen LogP contribution in [0.25, 0.3) is 0 Å². The highest BCUT2D eigenvalue weighted by atomic mass is 16.6. The molecule has 2 aromatic rings. The summed E-state index contributed by atoms with van der Waals surface area (Å²) >= 11 is 0. The molecule has 7 nitrogen and oxygen atoms in total. The van der Waals surface area contributed by atoms with Crippen LogP contribution in [0.1, 0.15) is 31.7 Å². The molecule has 7 heteroatoms. The lowest BCUT2D eigenvalue weighted by Crippen LogP contribution is -2.30. The molecule has 33 heavy (non-hydrogen) atoms. The number of ether oxygens (including phenoxy) is 3. The van der Waals surface area contributed by atoms with Gasteiger partial charge in [-0.25, -0.2) is 0 Å². The average molecular weight is 457 g/mol. The summed E-state index contributed by atoms with van der Waals surface area (Å²) in [6.45, 7) is 6.93. The Morgan fingerprint density at radius 2 is 1.91 bits per heavy atom. The van der Waals surface area contributed by atoms with E-state index in [2.05, 4.69) is 24.2 Å². The molecule has 1 fully saturated rings. The van der Waals surface area contributed by atoms with Crippen molar-refractivity contribution >= 4 is 5.91 Å². The average Bonchev–Trinajstić information content (AvgIpc) is 2.81. The van der Waals surface area contributed by atoms with Crippen molar-refractivity contribution in [1.29, 1.82) is 0 Å². The zero-order valence-corrected chi connectivity index (χ0v) is 19.7. The van der Waals surface area contributed by atoms with Crippen LogP contribution in [0.4, 0.5) is 0 Å². The quantitative estimate of drug-likeness (QED) is 0.662. The Bertz CT molecular complexity index is 863. The number of phenolic OH excluding ortho intramolecular Hbond substituents is 1. The molecular weight excluding hydrogens is 420 g/mol. The number of nitrogens with zero attached hydrogens (tertiary/aromatic N) is 1. The summed E-state index contributed by atoms with van der Waals surface area (Å²) in [5, 5.41) is 12.1. The summed E-state index contributed by atoms with van der Waals surface area (Å²) in [6.07, 6.45) is 3.84. The number of hydrogen-bond acceptors (Lipinski definition) is 6. The van der Waals surface area contributed by atoms with E-state index < -0.39 is 0 Å². The second-order valence-electron chi connectivity index (χ2n) is 8.68. The number of phenols is 1. The van der Waals surface area contributed by atoms with Gasteiger partial charge in [0.2, 0.25) is 5.91 Å². The maximum absolute atomic E-state index is 11.8. The molecule has 1 atom stereocenters. The summed E-state index contributed by atoms with van der Waals surface area (Å²) in [5.41, 5.74) is 1.09. The lowest BCUT2D eigenvalue weighted by atomic mass is 10.0. The number of carbonyl (C=O) groups excluding carboxylic acids is 1. The first-order chi connectivity index (χ1) is 16.0.